The van der Waals surface area contributed by atoms with E-state index in [0.29, 0.717) is 6.42 Å². The van der Waals surface area contributed by atoms with Gasteiger partial charge in [-0.25, -0.2) is 5.73 Å². The van der Waals surface area contributed by atoms with Gasteiger partial charge in [0.2, 0.25) is 11.8 Å². The number of nitrogens with two attached hydrogens (primary N) is 1. The van der Waals surface area contributed by atoms with Gasteiger partial charge in [-0.3, -0.25) is 14.4 Å². The van der Waals surface area contributed by atoms with Gasteiger partial charge in [0.15, 0.2) is 6.04 Å². The summed E-state index contributed by atoms with van der Waals surface area (Å²) in [4.78, 5) is 33.5. The molecule has 0 rings (SSSR count). The Morgan fingerprint density at radius 3 is 2.30 bits per heavy atom. The van der Waals surface area contributed by atoms with Crippen LogP contribution >= 0.6 is 0 Å². The quantitative estimate of drug-likeness (QED) is 0.371. The largest absolute Gasteiger partial charge is 0.469 e. The molecule has 8 heteroatoms. The molecule has 2 amide bonds. The Balaban J connectivity index is 4.75. The van der Waals surface area contributed by atoms with Crippen molar-refractivity contribution in [1.29, 1.82) is 0 Å². The third-order valence-electron chi connectivity index (χ3n) is 2.67. The number of primary amides is 1. The number of aliphatic hydroxyl groups is 1. The second-order valence-electron chi connectivity index (χ2n) is 4.93. The predicted molar refractivity (Wildman–Crippen MR) is 70.1 cm³/mol. The van der Waals surface area contributed by atoms with Gasteiger partial charge in [0.05, 0.1) is 25.7 Å². The van der Waals surface area contributed by atoms with Gasteiger partial charge in [0.25, 0.3) is 0 Å². The van der Waals surface area contributed by atoms with Crippen molar-refractivity contribution >= 4 is 17.8 Å². The van der Waals surface area contributed by atoms with Crippen molar-refractivity contribution < 1.29 is 24.2 Å². The minimum atomic E-state index is -1.74. The Kier molecular flexibility index (Phi) is 7.78. The van der Waals surface area contributed by atoms with Crippen molar-refractivity contribution in [3.05, 3.63) is 0 Å². The molecular formula is C12H22N3O5. The van der Waals surface area contributed by atoms with Crippen LogP contribution in [-0.4, -0.2) is 48.2 Å². The highest BCUT2D eigenvalue weighted by Gasteiger charge is 2.28. The molecule has 0 aromatic carbocycles. The molecule has 0 aliphatic rings. The molecule has 0 aliphatic carbocycles. The summed E-state index contributed by atoms with van der Waals surface area (Å²) in [6.07, 6.45) is -1.06. The number of amides is 2. The van der Waals surface area contributed by atoms with Crippen LogP contribution in [0.4, 0.5) is 0 Å². The minimum absolute atomic E-state index is 0.130. The number of methoxy groups -OCH3 is 1. The summed E-state index contributed by atoms with van der Waals surface area (Å²) >= 11 is 0. The molecule has 0 aromatic rings. The lowest BCUT2D eigenvalue weighted by Crippen LogP contribution is -2.52. The van der Waals surface area contributed by atoms with Crippen LogP contribution in [-0.2, 0) is 19.1 Å². The fourth-order valence-electron chi connectivity index (χ4n) is 1.61. The number of carbonyl (C=O) groups is 3. The molecule has 3 unspecified atom stereocenters. The smallest absolute Gasteiger partial charge is 0.308 e. The summed E-state index contributed by atoms with van der Waals surface area (Å²) in [5.41, 5.74) is 12.1. The molecule has 0 spiro atoms. The molecule has 3 atom stereocenters. The molecular weight excluding hydrogens is 266 g/mol. The molecule has 0 aromatic heterocycles. The first-order valence-corrected chi connectivity index (χ1v) is 6.24. The molecule has 0 bridgehead atoms. The van der Waals surface area contributed by atoms with Gasteiger partial charge in [0.1, 0.15) is 0 Å². The van der Waals surface area contributed by atoms with E-state index in [1.165, 1.54) is 7.11 Å². The zero-order chi connectivity index (χ0) is 15.9. The van der Waals surface area contributed by atoms with Crippen LogP contribution in [0.5, 0.6) is 0 Å². The van der Waals surface area contributed by atoms with E-state index in [0.717, 1.165) is 0 Å². The average molecular weight is 288 g/mol. The van der Waals surface area contributed by atoms with Crippen LogP contribution in [0.1, 0.15) is 26.7 Å². The minimum Gasteiger partial charge on any atom is -0.469 e. The molecule has 20 heavy (non-hydrogen) atoms. The number of hydrogen-bond acceptors (Lipinski definition) is 5. The van der Waals surface area contributed by atoms with Crippen LogP contribution in [0, 0.1) is 5.92 Å². The maximum Gasteiger partial charge on any atom is 0.308 e. The van der Waals surface area contributed by atoms with Crippen molar-refractivity contribution in [3.63, 3.8) is 0 Å². The van der Waals surface area contributed by atoms with E-state index >= 15 is 0 Å². The summed E-state index contributed by atoms with van der Waals surface area (Å²) in [5.74, 6) is -2.46. The molecule has 8 nitrogen and oxygen atoms in total. The number of nitrogens with one attached hydrogen (secondary N) is 2. The lowest BCUT2D eigenvalue weighted by Gasteiger charge is -2.25. The average Bonchev–Trinajstić information content (AvgIpc) is 2.35. The zero-order valence-corrected chi connectivity index (χ0v) is 11.9. The zero-order valence-electron chi connectivity index (χ0n) is 11.9. The van der Waals surface area contributed by atoms with E-state index in [4.69, 9.17) is 11.5 Å². The molecule has 0 saturated carbocycles. The van der Waals surface area contributed by atoms with Crippen molar-refractivity contribution in [2.24, 2.45) is 11.7 Å². The van der Waals surface area contributed by atoms with Crippen molar-refractivity contribution in [2.45, 2.75) is 44.9 Å². The van der Waals surface area contributed by atoms with Gasteiger partial charge in [0, 0.05) is 0 Å². The lowest BCUT2D eigenvalue weighted by molar-refractivity contribution is -0.144. The third-order valence-corrected chi connectivity index (χ3v) is 2.67. The molecule has 0 saturated heterocycles. The first-order chi connectivity index (χ1) is 9.18. The second-order valence-corrected chi connectivity index (χ2v) is 4.93. The molecule has 0 fully saturated rings. The molecule has 1 radical (unpaired) electrons. The number of esters is 1. The van der Waals surface area contributed by atoms with Gasteiger partial charge in [-0.05, 0) is 12.3 Å². The maximum atomic E-state index is 11.6. The number of rotatable bonds is 8. The van der Waals surface area contributed by atoms with Gasteiger partial charge < -0.3 is 20.9 Å². The Labute approximate surface area is 117 Å². The first kappa shape index (κ1) is 18.3. The van der Waals surface area contributed by atoms with Gasteiger partial charge in [-0.1, -0.05) is 13.8 Å². The van der Waals surface area contributed by atoms with Gasteiger partial charge in [-0.2, -0.15) is 0 Å². The van der Waals surface area contributed by atoms with Crippen molar-refractivity contribution in [3.8, 4) is 0 Å². The molecule has 0 aliphatic heterocycles. The lowest BCUT2D eigenvalue weighted by atomic mass is 9.97. The second kappa shape index (κ2) is 8.49. The van der Waals surface area contributed by atoms with E-state index in [2.05, 4.69) is 10.1 Å². The Hall–Kier alpha value is -1.67. The Bertz CT molecular complexity index is 359. The standard InChI is InChI=1S/C12H22N3O5/c1-6(2)4-7(8(16)5-9(17)20-3)15-12(19)10(13)11(14)18/h6-8,10,13,16H,4-5H2,1-3H3,(H2,14,18)(H,15,19). The fourth-order valence-corrected chi connectivity index (χ4v) is 1.61. The van der Waals surface area contributed by atoms with Gasteiger partial charge in [-0.15, -0.1) is 0 Å². The number of ether oxygens (including phenoxy) is 1. The van der Waals surface area contributed by atoms with Gasteiger partial charge >= 0.3 is 5.97 Å². The summed E-state index contributed by atoms with van der Waals surface area (Å²) in [5, 5.41) is 12.3. The summed E-state index contributed by atoms with van der Waals surface area (Å²) < 4.78 is 4.44. The third kappa shape index (κ3) is 6.48. The maximum absolute atomic E-state index is 11.6. The highest BCUT2D eigenvalue weighted by molar-refractivity contribution is 6.03. The molecule has 5 N–H and O–H groups in total. The fraction of sp³-hybridized carbons (Fsp3) is 0.750. The molecule has 0 heterocycles. The number of carbonyl (C=O) groups excluding carboxylic acids is 3. The summed E-state index contributed by atoms with van der Waals surface area (Å²) in [7, 11) is 1.19. The van der Waals surface area contributed by atoms with Crippen LogP contribution < -0.4 is 16.8 Å². The number of aliphatic hydroxyl groups excluding tert-OH is 1. The summed E-state index contributed by atoms with van der Waals surface area (Å²) in [6.45, 7) is 3.74. The highest BCUT2D eigenvalue weighted by Crippen LogP contribution is 2.11. The molecule has 115 valence electrons. The van der Waals surface area contributed by atoms with E-state index in [-0.39, 0.29) is 12.3 Å². The van der Waals surface area contributed by atoms with E-state index in [1.807, 2.05) is 13.8 Å². The van der Waals surface area contributed by atoms with Crippen LogP contribution in [0.2, 0.25) is 0 Å². The highest BCUT2D eigenvalue weighted by atomic mass is 16.5. The monoisotopic (exact) mass is 288 g/mol. The Morgan fingerprint density at radius 1 is 1.35 bits per heavy atom. The topological polar surface area (TPSA) is 143 Å². The van der Waals surface area contributed by atoms with Crippen LogP contribution in [0.25, 0.3) is 0 Å². The van der Waals surface area contributed by atoms with Crippen molar-refractivity contribution in [2.75, 3.05) is 7.11 Å². The van der Waals surface area contributed by atoms with E-state index in [1.54, 1.807) is 0 Å². The van der Waals surface area contributed by atoms with Crippen LogP contribution in [0.3, 0.4) is 0 Å². The van der Waals surface area contributed by atoms with Crippen molar-refractivity contribution in [1.82, 2.24) is 11.1 Å². The van der Waals surface area contributed by atoms with E-state index < -0.39 is 36.0 Å². The normalized spacial score (nSPS) is 15.3. The SMILES string of the molecule is COC(=O)CC(O)C(CC(C)C)NC(=O)C([NH])C(N)=O. The summed E-state index contributed by atoms with van der Waals surface area (Å²) in [6, 6.07) is -2.50. The van der Waals surface area contributed by atoms with Crippen LogP contribution in [0.15, 0.2) is 0 Å². The van der Waals surface area contributed by atoms with E-state index in [9.17, 15) is 19.5 Å². The number of hydrogen-bond donors (Lipinski definition) is 3. The first-order valence-electron chi connectivity index (χ1n) is 6.24. The Morgan fingerprint density at radius 2 is 1.90 bits per heavy atom. The predicted octanol–water partition coefficient (Wildman–Crippen LogP) is -1.42.